The van der Waals surface area contributed by atoms with E-state index in [1.165, 1.54) is 17.2 Å². The number of benzene rings is 3. The molecule has 3 aromatic rings. The molecule has 0 bridgehead atoms. The Hall–Kier alpha value is -4.24. The number of hydrogen-bond acceptors (Lipinski definition) is 7. The largest absolute Gasteiger partial charge is 0.494 e. The normalized spacial score (nSPS) is 21.3. The van der Waals surface area contributed by atoms with Crippen molar-refractivity contribution in [3.8, 4) is 5.75 Å². The highest BCUT2D eigenvalue weighted by Crippen LogP contribution is 2.48. The first kappa shape index (κ1) is 22.5. The Labute approximate surface area is 201 Å². The molecule has 0 saturated carbocycles. The van der Waals surface area contributed by atoms with Gasteiger partial charge in [0, 0.05) is 12.1 Å². The van der Waals surface area contributed by atoms with Gasteiger partial charge in [0.1, 0.15) is 11.7 Å². The summed E-state index contributed by atoms with van der Waals surface area (Å²) in [5, 5.41) is 12.9. The fourth-order valence-corrected chi connectivity index (χ4v) is 4.54. The number of nitro groups is 1. The van der Waals surface area contributed by atoms with Crippen molar-refractivity contribution in [3.63, 3.8) is 0 Å². The first-order valence-electron chi connectivity index (χ1n) is 11.4. The molecule has 3 aromatic carbocycles. The van der Waals surface area contributed by atoms with Crippen LogP contribution in [-0.4, -0.2) is 29.4 Å². The third kappa shape index (κ3) is 4.00. The van der Waals surface area contributed by atoms with Crippen LogP contribution in [-0.2, 0) is 14.4 Å². The molecule has 0 spiro atoms. The molecule has 0 aliphatic carbocycles. The number of nitro benzene ring substituents is 1. The summed E-state index contributed by atoms with van der Waals surface area (Å²) in [6.07, 6.45) is -0.189. The maximum absolute atomic E-state index is 13.7. The molecule has 5 rings (SSSR count). The van der Waals surface area contributed by atoms with E-state index < -0.39 is 34.8 Å². The minimum absolute atomic E-state index is 0.102. The number of para-hydroxylation sites is 1. The van der Waals surface area contributed by atoms with Crippen molar-refractivity contribution in [1.82, 2.24) is 0 Å². The molecule has 178 valence electrons. The summed E-state index contributed by atoms with van der Waals surface area (Å²) in [4.78, 5) is 45.2. The summed E-state index contributed by atoms with van der Waals surface area (Å²) in [6.45, 7) is 2.57. The van der Waals surface area contributed by atoms with Gasteiger partial charge in [-0.2, -0.15) is 0 Å². The van der Waals surface area contributed by atoms with E-state index in [-0.39, 0.29) is 5.69 Å². The third-order valence-corrected chi connectivity index (χ3v) is 6.12. The molecule has 35 heavy (non-hydrogen) atoms. The van der Waals surface area contributed by atoms with Gasteiger partial charge in [0.05, 0.1) is 28.9 Å². The second-order valence-corrected chi connectivity index (χ2v) is 8.36. The SMILES string of the molecule is CCCOc1ccc(N2C(=O)[C@H]3[C@H](ON(c4ccccc4)[C@H]3c3cccc([N+](=O)[O-])c3)C2=O)cc1. The van der Waals surface area contributed by atoms with Crippen molar-refractivity contribution in [2.45, 2.75) is 25.5 Å². The number of rotatable bonds is 7. The van der Waals surface area contributed by atoms with Crippen molar-refractivity contribution in [2.75, 3.05) is 16.6 Å². The van der Waals surface area contributed by atoms with E-state index in [2.05, 4.69) is 0 Å². The van der Waals surface area contributed by atoms with Gasteiger partial charge >= 0.3 is 0 Å². The van der Waals surface area contributed by atoms with Crippen molar-refractivity contribution < 1.29 is 24.1 Å². The van der Waals surface area contributed by atoms with Crippen LogP contribution in [0.4, 0.5) is 17.1 Å². The minimum Gasteiger partial charge on any atom is -0.494 e. The maximum Gasteiger partial charge on any atom is 0.269 e. The van der Waals surface area contributed by atoms with Gasteiger partial charge in [0.25, 0.3) is 11.6 Å². The predicted octanol–water partition coefficient (Wildman–Crippen LogP) is 4.43. The monoisotopic (exact) mass is 473 g/mol. The first-order chi connectivity index (χ1) is 17.0. The predicted molar refractivity (Wildman–Crippen MR) is 128 cm³/mol. The Kier molecular flexibility index (Phi) is 5.92. The van der Waals surface area contributed by atoms with Crippen LogP contribution < -0.4 is 14.7 Å². The van der Waals surface area contributed by atoms with Gasteiger partial charge in [0.2, 0.25) is 5.91 Å². The lowest BCUT2D eigenvalue weighted by atomic mass is 9.90. The first-order valence-corrected chi connectivity index (χ1v) is 11.4. The van der Waals surface area contributed by atoms with E-state index in [1.54, 1.807) is 48.5 Å². The van der Waals surface area contributed by atoms with Crippen molar-refractivity contribution in [3.05, 3.63) is 94.5 Å². The highest BCUT2D eigenvalue weighted by molar-refractivity contribution is 6.23. The molecule has 2 amide bonds. The standard InChI is InChI=1S/C26H23N3O6/c1-2-15-34-21-13-11-18(12-14-21)27-25(30)22-23(17-7-6-10-20(16-17)29(32)33)28(35-24(22)26(27)31)19-8-4-3-5-9-19/h3-14,16,22-24H,2,15H2,1H3/t22-,23+,24+/m1/s1. The second kappa shape index (κ2) is 9.19. The van der Waals surface area contributed by atoms with E-state index in [0.29, 0.717) is 29.3 Å². The summed E-state index contributed by atoms with van der Waals surface area (Å²) >= 11 is 0. The highest BCUT2D eigenvalue weighted by atomic mass is 16.7. The number of hydrogen-bond donors (Lipinski definition) is 0. The lowest BCUT2D eigenvalue weighted by molar-refractivity contribution is -0.384. The van der Waals surface area contributed by atoms with Crippen molar-refractivity contribution >= 4 is 28.9 Å². The molecule has 2 heterocycles. The van der Waals surface area contributed by atoms with Crippen LogP contribution in [0.2, 0.25) is 0 Å². The molecule has 2 aliphatic rings. The Morgan fingerprint density at radius 1 is 0.943 bits per heavy atom. The number of carbonyl (C=O) groups excluding carboxylic acids is 2. The third-order valence-electron chi connectivity index (χ3n) is 6.12. The quantitative estimate of drug-likeness (QED) is 0.284. The van der Waals surface area contributed by atoms with E-state index in [9.17, 15) is 19.7 Å². The summed E-state index contributed by atoms with van der Waals surface area (Å²) in [5.74, 6) is -1.12. The van der Waals surface area contributed by atoms with Crippen molar-refractivity contribution in [2.24, 2.45) is 5.92 Å². The van der Waals surface area contributed by atoms with Crippen LogP contribution in [0.15, 0.2) is 78.9 Å². The van der Waals surface area contributed by atoms with Crippen LogP contribution in [0.3, 0.4) is 0 Å². The summed E-state index contributed by atoms with van der Waals surface area (Å²) in [6, 6.07) is 21.2. The maximum atomic E-state index is 13.7. The lowest BCUT2D eigenvalue weighted by Gasteiger charge is -2.28. The average Bonchev–Trinajstić information content (AvgIpc) is 3.39. The Balaban J connectivity index is 1.52. The molecule has 9 heteroatoms. The van der Waals surface area contributed by atoms with E-state index in [0.717, 1.165) is 11.3 Å². The summed E-state index contributed by atoms with van der Waals surface area (Å²) < 4.78 is 5.59. The van der Waals surface area contributed by atoms with Gasteiger partial charge in [-0.3, -0.25) is 24.5 Å². The van der Waals surface area contributed by atoms with E-state index >= 15 is 0 Å². The number of hydroxylamine groups is 1. The summed E-state index contributed by atoms with van der Waals surface area (Å²) in [7, 11) is 0. The van der Waals surface area contributed by atoms with Gasteiger partial charge in [0.15, 0.2) is 6.10 Å². The number of amides is 2. The van der Waals surface area contributed by atoms with Crippen molar-refractivity contribution in [1.29, 1.82) is 0 Å². The number of nitrogens with zero attached hydrogens (tertiary/aromatic N) is 3. The zero-order valence-corrected chi connectivity index (χ0v) is 18.9. The molecule has 0 radical (unpaired) electrons. The number of ether oxygens (including phenoxy) is 1. The van der Waals surface area contributed by atoms with Crippen LogP contribution in [0.1, 0.15) is 24.9 Å². The average molecular weight is 473 g/mol. The van der Waals surface area contributed by atoms with Gasteiger partial charge in [-0.05, 0) is 48.4 Å². The molecule has 0 N–H and O–H groups in total. The Morgan fingerprint density at radius 2 is 1.69 bits per heavy atom. The molecule has 2 fully saturated rings. The number of anilines is 2. The van der Waals surface area contributed by atoms with Crippen LogP contribution in [0.5, 0.6) is 5.75 Å². The van der Waals surface area contributed by atoms with Gasteiger partial charge in [-0.1, -0.05) is 37.3 Å². The van der Waals surface area contributed by atoms with Crippen LogP contribution in [0, 0.1) is 16.0 Å². The van der Waals surface area contributed by atoms with Gasteiger partial charge in [-0.15, -0.1) is 0 Å². The molecule has 0 aromatic heterocycles. The van der Waals surface area contributed by atoms with Gasteiger partial charge in [-0.25, -0.2) is 9.96 Å². The highest BCUT2D eigenvalue weighted by Gasteiger charge is 2.60. The summed E-state index contributed by atoms with van der Waals surface area (Å²) in [5.41, 5.74) is 1.48. The Bertz CT molecular complexity index is 1260. The van der Waals surface area contributed by atoms with Gasteiger partial charge < -0.3 is 4.74 Å². The molecule has 2 aliphatic heterocycles. The minimum atomic E-state index is -1.05. The second-order valence-electron chi connectivity index (χ2n) is 8.36. The number of non-ortho nitro benzene ring substituents is 1. The number of fused-ring (bicyclic) bond motifs is 1. The topological polar surface area (TPSA) is 102 Å². The Morgan fingerprint density at radius 3 is 2.37 bits per heavy atom. The lowest BCUT2D eigenvalue weighted by Crippen LogP contribution is -2.37. The molecule has 3 atom stereocenters. The molecule has 2 saturated heterocycles. The van der Waals surface area contributed by atoms with E-state index in [1.807, 2.05) is 25.1 Å². The van der Waals surface area contributed by atoms with E-state index in [4.69, 9.17) is 9.57 Å². The zero-order chi connectivity index (χ0) is 24.5. The zero-order valence-electron chi connectivity index (χ0n) is 18.9. The molecule has 9 nitrogen and oxygen atoms in total. The fourth-order valence-electron chi connectivity index (χ4n) is 4.54. The number of carbonyl (C=O) groups is 2. The van der Waals surface area contributed by atoms with Crippen LogP contribution in [0.25, 0.3) is 0 Å². The molecule has 0 unspecified atom stereocenters. The number of imide groups is 1. The smallest absolute Gasteiger partial charge is 0.269 e. The van der Waals surface area contributed by atoms with Crippen LogP contribution >= 0.6 is 0 Å². The fraction of sp³-hybridized carbons (Fsp3) is 0.231. The molecular weight excluding hydrogens is 450 g/mol. The molecular formula is C26H23N3O6.